The first-order valence-electron chi connectivity index (χ1n) is 17.4. The lowest BCUT2D eigenvalue weighted by atomic mass is 9.80. The molecule has 0 bridgehead atoms. The lowest BCUT2D eigenvalue weighted by molar-refractivity contribution is -0.143. The third-order valence-electron chi connectivity index (χ3n) is 8.71. The van der Waals surface area contributed by atoms with Crippen LogP contribution in [0, 0.1) is 11.8 Å². The van der Waals surface area contributed by atoms with Crippen LogP contribution >= 0.6 is 0 Å². The normalized spacial score (nSPS) is 15.0. The Labute approximate surface area is 310 Å². The van der Waals surface area contributed by atoms with Gasteiger partial charge in [0.1, 0.15) is 5.76 Å². The summed E-state index contributed by atoms with van der Waals surface area (Å²) in [4.78, 5) is 21.1. The van der Waals surface area contributed by atoms with Crippen LogP contribution in [0.5, 0.6) is 17.2 Å². The van der Waals surface area contributed by atoms with E-state index in [1.807, 2.05) is 13.8 Å². The third-order valence-corrected chi connectivity index (χ3v) is 8.71. The number of alkyl halides is 6. The summed E-state index contributed by atoms with van der Waals surface area (Å²) in [6.07, 6.45) is -4.99. The summed E-state index contributed by atoms with van der Waals surface area (Å²) in [6.45, 7) is 9.48. The summed E-state index contributed by atoms with van der Waals surface area (Å²) in [5.41, 5.74) is -0.0504. The van der Waals surface area contributed by atoms with Crippen LogP contribution < -0.4 is 19.1 Å². The number of hydrogen-bond acceptors (Lipinski definition) is 8. The molecule has 3 aromatic rings. The van der Waals surface area contributed by atoms with Gasteiger partial charge in [-0.25, -0.2) is 9.97 Å². The van der Waals surface area contributed by atoms with E-state index in [2.05, 4.69) is 36.8 Å². The summed E-state index contributed by atoms with van der Waals surface area (Å²) in [5.74, 6) is 1.01. The molecule has 1 aliphatic carbocycles. The minimum atomic E-state index is -5.05. The molecule has 0 aliphatic heterocycles. The number of anilines is 1. The standard InChI is InChI=1S/C39H45F6N3O6/c1-22(2)30-16-32(33(51-6)11-24(30)5)31-17-35(54-23(3)4)34(52-7)14-26(31)21-48(37-46-18-29(19-47-37)53-10-8-9-36(49)50)20-25-12-27(38(40,41)42)15-28(13-25)39(43,44)45/h12-19,22-24H,8-11,20-21H2,1-7H3,(H,49,50). The Morgan fingerprint density at radius 1 is 0.907 bits per heavy atom. The van der Waals surface area contributed by atoms with Crippen molar-refractivity contribution < 1.29 is 55.2 Å². The van der Waals surface area contributed by atoms with Crippen LogP contribution in [-0.2, 0) is 35.0 Å². The number of ether oxygens (including phenoxy) is 4. The van der Waals surface area contributed by atoms with Crippen LogP contribution in [0.1, 0.15) is 81.7 Å². The Bertz CT molecular complexity index is 1810. The molecule has 0 spiro atoms. The second-order valence-electron chi connectivity index (χ2n) is 13.6. The third kappa shape index (κ3) is 10.8. The van der Waals surface area contributed by atoms with Gasteiger partial charge in [0.2, 0.25) is 5.95 Å². The smallest absolute Gasteiger partial charge is 0.416 e. The number of aliphatic carboxylic acids is 1. The van der Waals surface area contributed by atoms with Crippen molar-refractivity contribution in [3.63, 3.8) is 0 Å². The molecule has 1 aliphatic rings. The molecule has 4 rings (SSSR count). The monoisotopic (exact) mass is 765 g/mol. The number of allylic oxidation sites excluding steroid dienone is 4. The van der Waals surface area contributed by atoms with Gasteiger partial charge < -0.3 is 29.0 Å². The fraction of sp³-hybridized carbons (Fsp3) is 0.462. The lowest BCUT2D eigenvalue weighted by Gasteiger charge is -2.30. The molecule has 54 heavy (non-hydrogen) atoms. The quantitative estimate of drug-likeness (QED) is 0.113. The largest absolute Gasteiger partial charge is 0.500 e. The second kappa shape index (κ2) is 17.5. The number of carboxylic acid groups (broad SMARTS) is 1. The van der Waals surface area contributed by atoms with Crippen molar-refractivity contribution in [2.75, 3.05) is 25.7 Å². The maximum atomic E-state index is 13.9. The van der Waals surface area contributed by atoms with E-state index >= 15 is 0 Å². The van der Waals surface area contributed by atoms with E-state index in [4.69, 9.17) is 24.1 Å². The Kier molecular flexibility index (Phi) is 13.5. The summed E-state index contributed by atoms with van der Waals surface area (Å²) >= 11 is 0. The summed E-state index contributed by atoms with van der Waals surface area (Å²) < 4.78 is 107. The van der Waals surface area contributed by atoms with Crippen molar-refractivity contribution in [2.45, 2.75) is 85.4 Å². The Morgan fingerprint density at radius 3 is 2.06 bits per heavy atom. The number of carbonyl (C=O) groups is 1. The zero-order valence-electron chi connectivity index (χ0n) is 31.2. The number of benzene rings is 2. The zero-order valence-corrected chi connectivity index (χ0v) is 31.2. The molecule has 0 fully saturated rings. The minimum absolute atomic E-state index is 0.0251. The molecule has 1 aromatic heterocycles. The number of methoxy groups -OCH3 is 2. The fourth-order valence-corrected chi connectivity index (χ4v) is 6.24. The summed E-state index contributed by atoms with van der Waals surface area (Å²) in [5, 5.41) is 8.90. The average molecular weight is 766 g/mol. The van der Waals surface area contributed by atoms with Crippen LogP contribution in [0.2, 0.25) is 0 Å². The second-order valence-corrected chi connectivity index (χ2v) is 13.6. The van der Waals surface area contributed by atoms with Crippen molar-refractivity contribution in [1.29, 1.82) is 0 Å². The van der Waals surface area contributed by atoms with Crippen LogP contribution in [0.25, 0.3) is 5.57 Å². The highest BCUT2D eigenvalue weighted by Gasteiger charge is 2.37. The molecule has 2 aromatic carbocycles. The Hall–Kier alpha value is -4.95. The maximum absolute atomic E-state index is 13.9. The van der Waals surface area contributed by atoms with Crippen molar-refractivity contribution in [3.05, 3.63) is 88.0 Å². The van der Waals surface area contributed by atoms with E-state index in [1.165, 1.54) is 30.0 Å². The molecular formula is C39H45F6N3O6. The van der Waals surface area contributed by atoms with E-state index < -0.39 is 36.0 Å². The average Bonchev–Trinajstić information content (AvgIpc) is 3.09. The molecule has 1 N–H and O–H groups in total. The Morgan fingerprint density at radius 2 is 1.54 bits per heavy atom. The van der Waals surface area contributed by atoms with Gasteiger partial charge in [0.05, 0.1) is 50.5 Å². The van der Waals surface area contributed by atoms with E-state index in [-0.39, 0.29) is 67.3 Å². The van der Waals surface area contributed by atoms with Gasteiger partial charge in [-0.05, 0) is 79.1 Å². The lowest BCUT2D eigenvalue weighted by Crippen LogP contribution is -2.26. The number of nitrogens with zero attached hydrogens (tertiary/aromatic N) is 3. The van der Waals surface area contributed by atoms with Gasteiger partial charge in [-0.3, -0.25) is 4.79 Å². The van der Waals surface area contributed by atoms with E-state index in [1.54, 1.807) is 19.2 Å². The van der Waals surface area contributed by atoms with Gasteiger partial charge in [0.15, 0.2) is 17.2 Å². The first kappa shape index (κ1) is 41.8. The highest BCUT2D eigenvalue weighted by Crippen LogP contribution is 2.43. The molecule has 0 saturated carbocycles. The van der Waals surface area contributed by atoms with E-state index in [9.17, 15) is 31.1 Å². The molecule has 1 atom stereocenters. The van der Waals surface area contributed by atoms with Gasteiger partial charge in [-0.1, -0.05) is 32.4 Å². The number of hydrogen-bond donors (Lipinski definition) is 1. The first-order chi connectivity index (χ1) is 25.3. The van der Waals surface area contributed by atoms with Crippen LogP contribution in [-0.4, -0.2) is 48.0 Å². The summed E-state index contributed by atoms with van der Waals surface area (Å²) in [6, 6.07) is 4.95. The molecular weight excluding hydrogens is 720 g/mol. The maximum Gasteiger partial charge on any atom is 0.416 e. The molecule has 294 valence electrons. The highest BCUT2D eigenvalue weighted by molar-refractivity contribution is 5.81. The first-order valence-corrected chi connectivity index (χ1v) is 17.4. The predicted molar refractivity (Wildman–Crippen MR) is 190 cm³/mol. The SMILES string of the molecule is COC1=C(c2cc(OC(C)C)c(OC)cc2CN(Cc2cc(C(F)(F)F)cc(C(F)(F)F)c2)c2ncc(OCCCC(=O)O)cn2)C=C(C(C)C)C(C)C1. The topological polar surface area (TPSA) is 103 Å². The van der Waals surface area contributed by atoms with Gasteiger partial charge in [0.25, 0.3) is 0 Å². The minimum Gasteiger partial charge on any atom is -0.500 e. The van der Waals surface area contributed by atoms with Gasteiger partial charge in [-0.15, -0.1) is 0 Å². The number of rotatable bonds is 16. The van der Waals surface area contributed by atoms with E-state index in [0.29, 0.717) is 46.9 Å². The predicted octanol–water partition coefficient (Wildman–Crippen LogP) is 9.74. The molecule has 1 unspecified atom stereocenters. The number of halogens is 6. The summed E-state index contributed by atoms with van der Waals surface area (Å²) in [7, 11) is 3.03. The number of aromatic nitrogens is 2. The molecule has 15 heteroatoms. The molecule has 0 radical (unpaired) electrons. The molecule has 9 nitrogen and oxygen atoms in total. The molecule has 1 heterocycles. The van der Waals surface area contributed by atoms with Gasteiger partial charge in [-0.2, -0.15) is 26.3 Å². The molecule has 0 amide bonds. The van der Waals surface area contributed by atoms with Gasteiger partial charge >= 0.3 is 18.3 Å². The van der Waals surface area contributed by atoms with Crippen molar-refractivity contribution in [3.8, 4) is 17.2 Å². The van der Waals surface area contributed by atoms with Crippen molar-refractivity contribution >= 4 is 17.5 Å². The van der Waals surface area contributed by atoms with Crippen LogP contribution in [0.15, 0.2) is 60.1 Å². The Balaban J connectivity index is 1.91. The molecule has 0 saturated heterocycles. The van der Waals surface area contributed by atoms with Crippen LogP contribution in [0.4, 0.5) is 32.3 Å². The highest BCUT2D eigenvalue weighted by atomic mass is 19.4. The van der Waals surface area contributed by atoms with Crippen molar-refractivity contribution in [2.24, 2.45) is 11.8 Å². The zero-order chi connectivity index (χ0) is 40.0. The van der Waals surface area contributed by atoms with E-state index in [0.717, 1.165) is 5.57 Å². The van der Waals surface area contributed by atoms with Crippen LogP contribution in [0.3, 0.4) is 0 Å². The number of carboxylic acids is 1. The fourth-order valence-electron chi connectivity index (χ4n) is 6.24. The van der Waals surface area contributed by atoms with Gasteiger partial charge in [0, 0.05) is 31.5 Å². The van der Waals surface area contributed by atoms with Crippen molar-refractivity contribution in [1.82, 2.24) is 9.97 Å².